The molecule has 7 heteroatoms. The van der Waals surface area contributed by atoms with E-state index in [9.17, 15) is 9.59 Å². The molecule has 0 aliphatic heterocycles. The zero-order valence-electron chi connectivity index (χ0n) is 12.4. The van der Waals surface area contributed by atoms with Crippen LogP contribution in [-0.4, -0.2) is 22.5 Å². The minimum absolute atomic E-state index is 0.0780. The molecule has 0 aliphatic rings. The molecule has 0 fully saturated rings. The van der Waals surface area contributed by atoms with E-state index in [0.717, 1.165) is 4.47 Å². The number of carbonyl (C=O) groups excluding carboxylic acids is 2. The van der Waals surface area contributed by atoms with Crippen LogP contribution in [0, 0.1) is 0 Å². The Bertz CT molecular complexity index is 732. The number of hydrogen-bond acceptors (Lipinski definition) is 4. The van der Waals surface area contributed by atoms with Crippen molar-refractivity contribution in [2.45, 2.75) is 13.3 Å². The number of nitrogens with one attached hydrogen (secondary N) is 2. The van der Waals surface area contributed by atoms with Gasteiger partial charge in [-0.2, -0.15) is 5.10 Å². The fourth-order valence-corrected chi connectivity index (χ4v) is 2.12. The molecule has 23 heavy (non-hydrogen) atoms. The van der Waals surface area contributed by atoms with Crippen molar-refractivity contribution in [3.05, 3.63) is 58.8 Å². The van der Waals surface area contributed by atoms with E-state index in [4.69, 9.17) is 0 Å². The number of carbonyl (C=O) groups is 2. The van der Waals surface area contributed by atoms with Gasteiger partial charge in [-0.05, 0) is 47.1 Å². The number of hydrazone groups is 1. The molecule has 1 aromatic carbocycles. The highest BCUT2D eigenvalue weighted by molar-refractivity contribution is 9.10. The molecule has 2 N–H and O–H groups in total. The molecule has 2 rings (SSSR count). The van der Waals surface area contributed by atoms with Gasteiger partial charge >= 0.3 is 0 Å². The van der Waals surface area contributed by atoms with Crippen LogP contribution in [0.4, 0.5) is 5.69 Å². The maximum absolute atomic E-state index is 12.0. The second kappa shape index (κ2) is 8.19. The maximum atomic E-state index is 12.0. The number of pyridine rings is 1. The Kier molecular flexibility index (Phi) is 5.99. The van der Waals surface area contributed by atoms with E-state index in [1.165, 1.54) is 6.20 Å². The fourth-order valence-electron chi connectivity index (χ4n) is 1.74. The number of hydrogen-bond donors (Lipinski definition) is 2. The molecule has 0 radical (unpaired) electrons. The minimum Gasteiger partial charge on any atom is -0.325 e. The lowest BCUT2D eigenvalue weighted by Gasteiger charge is -2.07. The molecule has 0 bridgehead atoms. The summed E-state index contributed by atoms with van der Waals surface area (Å²) in [5.74, 6) is -0.586. The zero-order valence-corrected chi connectivity index (χ0v) is 14.0. The SMILES string of the molecule is C/C(CC(=O)Nc1ccccc1Br)=N/NC(=O)c1cccnc1. The number of para-hydroxylation sites is 1. The van der Waals surface area contributed by atoms with Gasteiger partial charge in [-0.1, -0.05) is 12.1 Å². The Morgan fingerprint density at radius 2 is 2.00 bits per heavy atom. The highest BCUT2D eigenvalue weighted by Crippen LogP contribution is 2.21. The van der Waals surface area contributed by atoms with Crippen molar-refractivity contribution >= 4 is 39.1 Å². The number of amides is 2. The van der Waals surface area contributed by atoms with Gasteiger partial charge < -0.3 is 5.32 Å². The van der Waals surface area contributed by atoms with Crippen LogP contribution in [0.1, 0.15) is 23.7 Å². The van der Waals surface area contributed by atoms with Crippen molar-refractivity contribution in [1.29, 1.82) is 0 Å². The number of benzene rings is 1. The molecule has 0 aliphatic carbocycles. The lowest BCUT2D eigenvalue weighted by atomic mass is 10.2. The van der Waals surface area contributed by atoms with Crippen LogP contribution >= 0.6 is 15.9 Å². The third-order valence-corrected chi connectivity index (χ3v) is 3.53. The maximum Gasteiger partial charge on any atom is 0.272 e. The Balaban J connectivity index is 1.88. The van der Waals surface area contributed by atoms with Gasteiger partial charge in [0.2, 0.25) is 5.91 Å². The Labute approximate surface area is 142 Å². The van der Waals surface area contributed by atoms with Gasteiger partial charge in [0.15, 0.2) is 0 Å². The van der Waals surface area contributed by atoms with Gasteiger partial charge in [-0.3, -0.25) is 14.6 Å². The van der Waals surface area contributed by atoms with Crippen molar-refractivity contribution < 1.29 is 9.59 Å². The first-order valence-corrected chi connectivity index (χ1v) is 7.63. The molecule has 2 amide bonds. The lowest BCUT2D eigenvalue weighted by Crippen LogP contribution is -2.21. The van der Waals surface area contributed by atoms with Gasteiger partial charge in [0, 0.05) is 22.6 Å². The normalized spacial score (nSPS) is 11.0. The first-order chi connectivity index (χ1) is 11.1. The summed E-state index contributed by atoms with van der Waals surface area (Å²) in [6.07, 6.45) is 3.10. The predicted octanol–water partition coefficient (Wildman–Crippen LogP) is 2.98. The standard InChI is InChI=1S/C16H15BrN4O2/c1-11(20-21-16(23)12-5-4-8-18-10-12)9-15(22)19-14-7-3-2-6-13(14)17/h2-8,10H,9H2,1H3,(H,19,22)(H,21,23)/b20-11-. The minimum atomic E-state index is -0.372. The highest BCUT2D eigenvalue weighted by atomic mass is 79.9. The molecule has 0 spiro atoms. The first-order valence-electron chi connectivity index (χ1n) is 6.84. The Morgan fingerprint density at radius 1 is 1.22 bits per heavy atom. The summed E-state index contributed by atoms with van der Waals surface area (Å²) in [5, 5.41) is 6.69. The van der Waals surface area contributed by atoms with Crippen LogP contribution in [0.15, 0.2) is 58.4 Å². The van der Waals surface area contributed by atoms with Crippen molar-refractivity contribution in [1.82, 2.24) is 10.4 Å². The molecule has 1 heterocycles. The van der Waals surface area contributed by atoms with Crippen LogP contribution < -0.4 is 10.7 Å². The van der Waals surface area contributed by atoms with Crippen molar-refractivity contribution in [2.24, 2.45) is 5.10 Å². The van der Waals surface area contributed by atoms with Crippen LogP contribution in [-0.2, 0) is 4.79 Å². The number of aromatic nitrogens is 1. The van der Waals surface area contributed by atoms with E-state index < -0.39 is 0 Å². The van der Waals surface area contributed by atoms with Gasteiger partial charge in [-0.15, -0.1) is 0 Å². The summed E-state index contributed by atoms with van der Waals surface area (Å²) in [6, 6.07) is 10.6. The molecule has 2 aromatic rings. The van der Waals surface area contributed by atoms with Crippen molar-refractivity contribution in [2.75, 3.05) is 5.32 Å². The molecule has 6 nitrogen and oxygen atoms in total. The summed E-state index contributed by atoms with van der Waals surface area (Å²) in [7, 11) is 0. The topological polar surface area (TPSA) is 83.5 Å². The first kappa shape index (κ1) is 16.8. The monoisotopic (exact) mass is 374 g/mol. The summed E-state index contributed by atoms with van der Waals surface area (Å²) in [6.45, 7) is 1.67. The van der Waals surface area contributed by atoms with Crippen LogP contribution in [0.2, 0.25) is 0 Å². The summed E-state index contributed by atoms with van der Waals surface area (Å²) in [4.78, 5) is 27.6. The van der Waals surface area contributed by atoms with Crippen LogP contribution in [0.25, 0.3) is 0 Å². The average Bonchev–Trinajstić information content (AvgIpc) is 2.55. The third kappa shape index (κ3) is 5.30. The van der Waals surface area contributed by atoms with E-state index in [2.05, 4.69) is 36.8 Å². The van der Waals surface area contributed by atoms with Crippen LogP contribution in [0.5, 0.6) is 0 Å². The predicted molar refractivity (Wildman–Crippen MR) is 92.2 cm³/mol. The molecule has 118 valence electrons. The summed E-state index contributed by atoms with van der Waals surface area (Å²) >= 11 is 3.36. The van der Waals surface area contributed by atoms with Gasteiger partial charge in [-0.25, -0.2) is 5.43 Å². The third-order valence-electron chi connectivity index (χ3n) is 2.84. The number of anilines is 1. The van der Waals surface area contributed by atoms with E-state index in [-0.39, 0.29) is 18.2 Å². The van der Waals surface area contributed by atoms with Crippen molar-refractivity contribution in [3.8, 4) is 0 Å². The molecular formula is C16H15BrN4O2. The number of nitrogens with zero attached hydrogens (tertiary/aromatic N) is 2. The largest absolute Gasteiger partial charge is 0.325 e. The second-order valence-corrected chi connectivity index (χ2v) is 5.59. The van der Waals surface area contributed by atoms with Crippen LogP contribution in [0.3, 0.4) is 0 Å². The molecule has 0 unspecified atom stereocenters. The van der Waals surface area contributed by atoms with E-state index in [0.29, 0.717) is 17.0 Å². The fraction of sp³-hybridized carbons (Fsp3) is 0.125. The average molecular weight is 375 g/mol. The molecule has 0 saturated heterocycles. The Morgan fingerprint density at radius 3 is 2.70 bits per heavy atom. The van der Waals surface area contributed by atoms with Gasteiger partial charge in [0.05, 0.1) is 17.7 Å². The molecular weight excluding hydrogens is 360 g/mol. The zero-order chi connectivity index (χ0) is 16.7. The molecule has 1 aromatic heterocycles. The smallest absolute Gasteiger partial charge is 0.272 e. The highest BCUT2D eigenvalue weighted by Gasteiger charge is 2.08. The van der Waals surface area contributed by atoms with Gasteiger partial charge in [0.1, 0.15) is 0 Å². The number of rotatable bonds is 5. The number of halogens is 1. The summed E-state index contributed by atoms with van der Waals surface area (Å²) in [5.41, 5.74) is 3.98. The van der Waals surface area contributed by atoms with E-state index in [1.54, 1.807) is 31.3 Å². The van der Waals surface area contributed by atoms with Gasteiger partial charge in [0.25, 0.3) is 5.91 Å². The van der Waals surface area contributed by atoms with E-state index in [1.807, 2.05) is 18.2 Å². The van der Waals surface area contributed by atoms with Crippen molar-refractivity contribution in [3.63, 3.8) is 0 Å². The quantitative estimate of drug-likeness (QED) is 0.623. The lowest BCUT2D eigenvalue weighted by molar-refractivity contribution is -0.115. The second-order valence-electron chi connectivity index (χ2n) is 4.73. The summed E-state index contributed by atoms with van der Waals surface area (Å²) < 4.78 is 0.799. The molecule has 0 saturated carbocycles. The molecule has 0 atom stereocenters. The van der Waals surface area contributed by atoms with E-state index >= 15 is 0 Å². The Hall–Kier alpha value is -2.54.